The van der Waals surface area contributed by atoms with E-state index in [0.29, 0.717) is 11.1 Å². The van der Waals surface area contributed by atoms with E-state index < -0.39 is 11.9 Å². The van der Waals surface area contributed by atoms with Crippen LogP contribution in [-0.2, 0) is 9.59 Å². The van der Waals surface area contributed by atoms with Gasteiger partial charge in [-0.2, -0.15) is 0 Å². The average Bonchev–Trinajstić information content (AvgIpc) is 2.56. The summed E-state index contributed by atoms with van der Waals surface area (Å²) in [6.45, 7) is 7.76. The fraction of sp³-hybridized carbons (Fsp3) is 0.200. The first-order valence-corrected chi connectivity index (χ1v) is 7.75. The summed E-state index contributed by atoms with van der Waals surface area (Å²) < 4.78 is 0. The van der Waals surface area contributed by atoms with Crippen molar-refractivity contribution < 1.29 is 19.8 Å². The Balaban J connectivity index is 0.00000139. The molecule has 2 N–H and O–H groups in total. The lowest BCUT2D eigenvalue weighted by molar-refractivity contribution is -0.132. The van der Waals surface area contributed by atoms with E-state index in [4.69, 9.17) is 0 Å². The number of benzene rings is 2. The molecule has 2 rings (SSSR count). The van der Waals surface area contributed by atoms with Crippen molar-refractivity contribution in [2.75, 3.05) is 0 Å². The van der Waals surface area contributed by atoms with Gasteiger partial charge in [0.05, 0.1) is 11.1 Å². The SMILES string of the molecule is CC.Cc1ccc(/C(C(=O)O)=C(\C(=O)O)c2ccc(C)cc2)cc1. The van der Waals surface area contributed by atoms with Crippen LogP contribution in [-0.4, -0.2) is 22.2 Å². The topological polar surface area (TPSA) is 74.6 Å². The van der Waals surface area contributed by atoms with Gasteiger partial charge in [-0.25, -0.2) is 9.59 Å². The predicted octanol–water partition coefficient (Wildman–Crippen LogP) is 4.41. The fourth-order valence-electron chi connectivity index (χ4n) is 2.19. The standard InChI is InChI=1S/C18H16O4.C2H6/c1-11-3-7-13(8-4-11)15(17(19)20)16(18(21)22)14-9-5-12(2)6-10-14;1-2/h3-10H,1-2H3,(H,19,20)(H,21,22);1-2H3/b16-15+;. The molecule has 0 aliphatic heterocycles. The van der Waals surface area contributed by atoms with Gasteiger partial charge in [-0.15, -0.1) is 0 Å². The molecular weight excluding hydrogens is 304 g/mol. The zero-order valence-electron chi connectivity index (χ0n) is 14.3. The molecule has 0 saturated heterocycles. The third kappa shape index (κ3) is 4.56. The first kappa shape index (κ1) is 19.2. The van der Waals surface area contributed by atoms with Crippen molar-refractivity contribution in [1.82, 2.24) is 0 Å². The van der Waals surface area contributed by atoms with Gasteiger partial charge in [0.25, 0.3) is 0 Å². The number of aliphatic carboxylic acids is 2. The Kier molecular flexibility index (Phi) is 6.93. The molecule has 4 nitrogen and oxygen atoms in total. The quantitative estimate of drug-likeness (QED) is 0.644. The molecule has 2 aromatic carbocycles. The summed E-state index contributed by atoms with van der Waals surface area (Å²) in [6.07, 6.45) is 0. The van der Waals surface area contributed by atoms with Crippen molar-refractivity contribution >= 4 is 23.1 Å². The van der Waals surface area contributed by atoms with E-state index >= 15 is 0 Å². The maximum Gasteiger partial charge on any atom is 0.337 e. The van der Waals surface area contributed by atoms with Crippen LogP contribution in [0.15, 0.2) is 48.5 Å². The van der Waals surface area contributed by atoms with Gasteiger partial charge in [0, 0.05) is 0 Å². The van der Waals surface area contributed by atoms with E-state index in [9.17, 15) is 19.8 Å². The van der Waals surface area contributed by atoms with Gasteiger partial charge in [-0.3, -0.25) is 0 Å². The smallest absolute Gasteiger partial charge is 0.337 e. The molecule has 126 valence electrons. The first-order valence-electron chi connectivity index (χ1n) is 7.75. The molecule has 0 unspecified atom stereocenters. The second kappa shape index (κ2) is 8.67. The van der Waals surface area contributed by atoms with Crippen molar-refractivity contribution in [3.8, 4) is 0 Å². The predicted molar refractivity (Wildman–Crippen MR) is 95.8 cm³/mol. The van der Waals surface area contributed by atoms with Crippen LogP contribution in [0.4, 0.5) is 0 Å². The average molecular weight is 326 g/mol. The minimum absolute atomic E-state index is 0.212. The van der Waals surface area contributed by atoms with Gasteiger partial charge < -0.3 is 10.2 Å². The van der Waals surface area contributed by atoms with Crippen LogP contribution in [0.3, 0.4) is 0 Å². The lowest BCUT2D eigenvalue weighted by Crippen LogP contribution is -2.10. The Morgan fingerprint density at radius 1 is 0.625 bits per heavy atom. The van der Waals surface area contributed by atoms with Crippen LogP contribution in [0, 0.1) is 13.8 Å². The van der Waals surface area contributed by atoms with Gasteiger partial charge >= 0.3 is 11.9 Å². The van der Waals surface area contributed by atoms with Crippen molar-refractivity contribution in [3.63, 3.8) is 0 Å². The van der Waals surface area contributed by atoms with Crippen LogP contribution < -0.4 is 0 Å². The van der Waals surface area contributed by atoms with E-state index in [-0.39, 0.29) is 11.1 Å². The monoisotopic (exact) mass is 326 g/mol. The van der Waals surface area contributed by atoms with Gasteiger partial charge in [0.2, 0.25) is 0 Å². The highest BCUT2D eigenvalue weighted by Crippen LogP contribution is 2.27. The van der Waals surface area contributed by atoms with Gasteiger partial charge in [-0.05, 0) is 25.0 Å². The molecule has 0 amide bonds. The van der Waals surface area contributed by atoms with Crippen LogP contribution in [0.1, 0.15) is 36.1 Å². The minimum atomic E-state index is -1.26. The molecule has 24 heavy (non-hydrogen) atoms. The fourth-order valence-corrected chi connectivity index (χ4v) is 2.19. The summed E-state index contributed by atoms with van der Waals surface area (Å²) in [4.78, 5) is 23.3. The lowest BCUT2D eigenvalue weighted by Gasteiger charge is -2.10. The van der Waals surface area contributed by atoms with E-state index in [1.54, 1.807) is 48.5 Å². The van der Waals surface area contributed by atoms with Crippen molar-refractivity contribution in [2.24, 2.45) is 0 Å². The third-order valence-corrected chi connectivity index (χ3v) is 3.36. The lowest BCUT2D eigenvalue weighted by atomic mass is 9.93. The van der Waals surface area contributed by atoms with Crippen molar-refractivity contribution in [2.45, 2.75) is 27.7 Å². The van der Waals surface area contributed by atoms with Crippen molar-refractivity contribution in [3.05, 3.63) is 70.8 Å². The van der Waals surface area contributed by atoms with Crippen LogP contribution >= 0.6 is 0 Å². The van der Waals surface area contributed by atoms with Gasteiger partial charge in [0.1, 0.15) is 0 Å². The Hall–Kier alpha value is -2.88. The maximum atomic E-state index is 11.6. The van der Waals surface area contributed by atoms with Crippen LogP contribution in [0.5, 0.6) is 0 Å². The molecule has 2 aromatic rings. The number of carboxylic acid groups (broad SMARTS) is 2. The van der Waals surface area contributed by atoms with Crippen LogP contribution in [0.25, 0.3) is 11.1 Å². The van der Waals surface area contributed by atoms with E-state index in [0.717, 1.165) is 11.1 Å². The van der Waals surface area contributed by atoms with E-state index in [2.05, 4.69) is 0 Å². The molecule has 0 aliphatic rings. The molecule has 0 spiro atoms. The Morgan fingerprint density at radius 3 is 1.08 bits per heavy atom. The van der Waals surface area contributed by atoms with Gasteiger partial charge in [-0.1, -0.05) is 73.5 Å². The molecule has 0 aromatic heterocycles. The molecular formula is C20H22O4. The molecule has 0 aliphatic carbocycles. The summed E-state index contributed by atoms with van der Waals surface area (Å²) in [5, 5.41) is 19.0. The molecule has 0 heterocycles. The summed E-state index contributed by atoms with van der Waals surface area (Å²) in [5.74, 6) is -2.52. The van der Waals surface area contributed by atoms with E-state index in [1.807, 2.05) is 27.7 Å². The second-order valence-corrected chi connectivity index (χ2v) is 5.09. The maximum absolute atomic E-state index is 11.6. The number of hydrogen-bond donors (Lipinski definition) is 2. The highest BCUT2D eigenvalue weighted by Gasteiger charge is 2.23. The summed E-state index contributed by atoms with van der Waals surface area (Å²) in [7, 11) is 0. The number of hydrogen-bond acceptors (Lipinski definition) is 2. The van der Waals surface area contributed by atoms with Crippen molar-refractivity contribution in [1.29, 1.82) is 0 Å². The molecule has 0 radical (unpaired) electrons. The molecule has 0 fully saturated rings. The van der Waals surface area contributed by atoms with Gasteiger partial charge in [0.15, 0.2) is 0 Å². The Morgan fingerprint density at radius 2 is 0.875 bits per heavy atom. The summed E-state index contributed by atoms with van der Waals surface area (Å²) in [6, 6.07) is 13.5. The second-order valence-electron chi connectivity index (χ2n) is 5.09. The molecule has 0 atom stereocenters. The minimum Gasteiger partial charge on any atom is -0.478 e. The third-order valence-electron chi connectivity index (χ3n) is 3.36. The molecule has 0 bridgehead atoms. The first-order chi connectivity index (χ1) is 11.4. The van der Waals surface area contributed by atoms with E-state index in [1.165, 1.54) is 0 Å². The number of carbonyl (C=O) groups is 2. The number of aryl methyl sites for hydroxylation is 2. The highest BCUT2D eigenvalue weighted by molar-refractivity contribution is 6.36. The highest BCUT2D eigenvalue weighted by atomic mass is 16.4. The molecule has 0 saturated carbocycles. The molecule has 4 heteroatoms. The summed E-state index contributed by atoms with van der Waals surface area (Å²) in [5.41, 5.74) is 2.27. The Bertz CT molecular complexity index is 673. The number of carboxylic acids is 2. The zero-order valence-corrected chi connectivity index (χ0v) is 14.3. The summed E-state index contributed by atoms with van der Waals surface area (Å²) >= 11 is 0. The largest absolute Gasteiger partial charge is 0.478 e. The van der Waals surface area contributed by atoms with Crippen LogP contribution in [0.2, 0.25) is 0 Å². The zero-order chi connectivity index (χ0) is 18.3. The number of rotatable bonds is 4. The normalized spacial score (nSPS) is 11.0. The Labute approximate surface area is 142 Å².